The van der Waals surface area contributed by atoms with Crippen LogP contribution in [0.25, 0.3) is 0 Å². The number of nitrogens with one attached hydrogen (secondary N) is 2. The summed E-state index contributed by atoms with van der Waals surface area (Å²) in [6.45, 7) is 4.19. The Morgan fingerprint density at radius 2 is 2.28 bits per heavy atom. The smallest absolute Gasteiger partial charge is 0.166 e. The molecule has 6 heteroatoms. The first-order chi connectivity index (χ1) is 8.78. The summed E-state index contributed by atoms with van der Waals surface area (Å²) in [5.41, 5.74) is 1.11. The van der Waals surface area contributed by atoms with Crippen LogP contribution in [0.1, 0.15) is 18.2 Å². The maximum atomic E-state index is 5.20. The molecule has 0 bridgehead atoms. The first-order valence-corrected chi connectivity index (χ1v) is 6.24. The van der Waals surface area contributed by atoms with Crippen LogP contribution in [0.5, 0.6) is 0 Å². The number of rotatable bonds is 5. The lowest BCUT2D eigenvalue weighted by Crippen LogP contribution is -2.34. The van der Waals surface area contributed by atoms with Gasteiger partial charge < -0.3 is 15.1 Å². The third-order valence-corrected chi connectivity index (χ3v) is 2.76. The van der Waals surface area contributed by atoms with E-state index in [4.69, 9.17) is 16.6 Å². The summed E-state index contributed by atoms with van der Waals surface area (Å²) in [6, 6.07) is 3.76. The van der Waals surface area contributed by atoms with E-state index in [1.807, 2.05) is 29.2 Å². The zero-order chi connectivity index (χ0) is 12.8. The molecular weight excluding hydrogens is 248 g/mol. The summed E-state index contributed by atoms with van der Waals surface area (Å²) < 4.78 is 7.09. The van der Waals surface area contributed by atoms with Crippen molar-refractivity contribution in [2.24, 2.45) is 0 Å². The van der Waals surface area contributed by atoms with Gasteiger partial charge in [-0.05, 0) is 31.3 Å². The SMILES string of the molecule is CCn1cc(CNC(=S)NCc2ccco2)cn1. The van der Waals surface area contributed by atoms with E-state index in [1.165, 1.54) is 0 Å². The average Bonchev–Trinajstić information content (AvgIpc) is 3.04. The topological polar surface area (TPSA) is 55.0 Å². The van der Waals surface area contributed by atoms with E-state index in [-0.39, 0.29) is 0 Å². The largest absolute Gasteiger partial charge is 0.467 e. The fourth-order valence-corrected chi connectivity index (χ4v) is 1.64. The van der Waals surface area contributed by atoms with Crippen LogP contribution in [-0.2, 0) is 19.6 Å². The molecule has 2 aromatic rings. The van der Waals surface area contributed by atoms with Crippen LogP contribution in [0.2, 0.25) is 0 Å². The van der Waals surface area contributed by atoms with Gasteiger partial charge in [0.2, 0.25) is 0 Å². The third-order valence-electron chi connectivity index (χ3n) is 2.47. The Kier molecular flexibility index (Phi) is 4.35. The van der Waals surface area contributed by atoms with Gasteiger partial charge in [0.25, 0.3) is 0 Å². The molecule has 0 aromatic carbocycles. The van der Waals surface area contributed by atoms with Crippen LogP contribution in [-0.4, -0.2) is 14.9 Å². The van der Waals surface area contributed by atoms with Crippen LogP contribution in [0, 0.1) is 0 Å². The van der Waals surface area contributed by atoms with Gasteiger partial charge in [-0.3, -0.25) is 4.68 Å². The van der Waals surface area contributed by atoms with Crippen molar-refractivity contribution in [3.8, 4) is 0 Å². The highest BCUT2D eigenvalue weighted by Crippen LogP contribution is 1.99. The highest BCUT2D eigenvalue weighted by molar-refractivity contribution is 7.80. The molecule has 0 atom stereocenters. The van der Waals surface area contributed by atoms with Crippen LogP contribution in [0.4, 0.5) is 0 Å². The fourth-order valence-electron chi connectivity index (χ4n) is 1.50. The fraction of sp³-hybridized carbons (Fsp3) is 0.333. The Hall–Kier alpha value is -1.82. The Balaban J connectivity index is 1.71. The van der Waals surface area contributed by atoms with Gasteiger partial charge >= 0.3 is 0 Å². The van der Waals surface area contributed by atoms with E-state index in [9.17, 15) is 0 Å². The molecule has 0 saturated heterocycles. The van der Waals surface area contributed by atoms with Crippen LogP contribution >= 0.6 is 12.2 Å². The second-order valence-electron chi connectivity index (χ2n) is 3.82. The zero-order valence-electron chi connectivity index (χ0n) is 10.2. The Bertz CT molecular complexity index is 492. The maximum absolute atomic E-state index is 5.20. The number of aromatic nitrogens is 2. The van der Waals surface area contributed by atoms with Crippen molar-refractivity contribution < 1.29 is 4.42 Å². The molecule has 2 N–H and O–H groups in total. The molecule has 96 valence electrons. The molecule has 5 nitrogen and oxygen atoms in total. The number of aryl methyl sites for hydroxylation is 1. The normalized spacial score (nSPS) is 10.3. The predicted octanol–water partition coefficient (Wildman–Crippen LogP) is 1.66. The summed E-state index contributed by atoms with van der Waals surface area (Å²) in [5, 5.41) is 11.0. The van der Waals surface area contributed by atoms with Crippen molar-refractivity contribution in [2.75, 3.05) is 0 Å². The summed E-state index contributed by atoms with van der Waals surface area (Å²) in [7, 11) is 0. The lowest BCUT2D eigenvalue weighted by molar-refractivity contribution is 0.502. The van der Waals surface area contributed by atoms with Crippen LogP contribution in [0.3, 0.4) is 0 Å². The minimum Gasteiger partial charge on any atom is -0.467 e. The molecule has 0 aliphatic carbocycles. The van der Waals surface area contributed by atoms with Crippen molar-refractivity contribution in [3.63, 3.8) is 0 Å². The van der Waals surface area contributed by atoms with Gasteiger partial charge in [0.15, 0.2) is 5.11 Å². The number of furan rings is 1. The Morgan fingerprint density at radius 3 is 2.94 bits per heavy atom. The highest BCUT2D eigenvalue weighted by atomic mass is 32.1. The minimum atomic E-state index is 0.590. The number of hydrogen-bond acceptors (Lipinski definition) is 3. The Morgan fingerprint density at radius 1 is 1.44 bits per heavy atom. The molecule has 0 fully saturated rings. The van der Waals surface area contributed by atoms with E-state index < -0.39 is 0 Å². The van der Waals surface area contributed by atoms with E-state index >= 15 is 0 Å². The first kappa shape index (κ1) is 12.6. The second-order valence-corrected chi connectivity index (χ2v) is 4.23. The van der Waals surface area contributed by atoms with Gasteiger partial charge in [0, 0.05) is 24.8 Å². The van der Waals surface area contributed by atoms with Crippen LogP contribution in [0.15, 0.2) is 35.2 Å². The molecule has 2 aromatic heterocycles. The summed E-state index contributed by atoms with van der Waals surface area (Å²) in [5.74, 6) is 0.859. The molecule has 2 rings (SSSR count). The Labute approximate surface area is 111 Å². The van der Waals surface area contributed by atoms with Gasteiger partial charge in [0.05, 0.1) is 19.0 Å². The predicted molar refractivity (Wildman–Crippen MR) is 72.9 cm³/mol. The molecule has 0 radical (unpaired) electrons. The van der Waals surface area contributed by atoms with Crippen molar-refractivity contribution in [1.29, 1.82) is 0 Å². The molecule has 0 saturated carbocycles. The van der Waals surface area contributed by atoms with Crippen molar-refractivity contribution in [1.82, 2.24) is 20.4 Å². The zero-order valence-corrected chi connectivity index (χ0v) is 11.0. The molecule has 18 heavy (non-hydrogen) atoms. The molecule has 2 heterocycles. The van der Waals surface area contributed by atoms with Gasteiger partial charge in [-0.2, -0.15) is 5.10 Å². The first-order valence-electron chi connectivity index (χ1n) is 5.83. The number of thiocarbonyl (C=S) groups is 1. The minimum absolute atomic E-state index is 0.590. The third kappa shape index (κ3) is 3.59. The van der Waals surface area contributed by atoms with Crippen molar-refractivity contribution >= 4 is 17.3 Å². The van der Waals surface area contributed by atoms with E-state index in [0.29, 0.717) is 18.2 Å². The summed E-state index contributed by atoms with van der Waals surface area (Å²) in [4.78, 5) is 0. The molecule has 0 unspecified atom stereocenters. The van der Waals surface area contributed by atoms with Crippen molar-refractivity contribution in [3.05, 3.63) is 42.1 Å². The summed E-state index contributed by atoms with van der Waals surface area (Å²) >= 11 is 5.17. The molecule has 0 amide bonds. The van der Waals surface area contributed by atoms with E-state index in [1.54, 1.807) is 6.26 Å². The highest BCUT2D eigenvalue weighted by Gasteiger charge is 2.00. The van der Waals surface area contributed by atoms with Gasteiger partial charge in [-0.1, -0.05) is 0 Å². The quantitative estimate of drug-likeness (QED) is 0.804. The van der Waals surface area contributed by atoms with Gasteiger partial charge in [-0.25, -0.2) is 0 Å². The van der Waals surface area contributed by atoms with Crippen molar-refractivity contribution in [2.45, 2.75) is 26.6 Å². The lowest BCUT2D eigenvalue weighted by atomic mass is 10.4. The van der Waals surface area contributed by atoms with Gasteiger partial charge in [0.1, 0.15) is 5.76 Å². The van der Waals surface area contributed by atoms with Gasteiger partial charge in [-0.15, -0.1) is 0 Å². The van der Waals surface area contributed by atoms with E-state index in [0.717, 1.165) is 17.9 Å². The number of nitrogens with zero attached hydrogens (tertiary/aromatic N) is 2. The molecule has 0 aliphatic heterocycles. The lowest BCUT2D eigenvalue weighted by Gasteiger charge is -2.08. The molecule has 0 aliphatic rings. The molecular formula is C12H16N4OS. The average molecular weight is 264 g/mol. The molecule has 0 spiro atoms. The van der Waals surface area contributed by atoms with E-state index in [2.05, 4.69) is 22.7 Å². The number of hydrogen-bond donors (Lipinski definition) is 2. The monoisotopic (exact) mass is 264 g/mol. The maximum Gasteiger partial charge on any atom is 0.166 e. The standard InChI is InChI=1S/C12H16N4OS/c1-2-16-9-10(7-15-16)6-13-12(18)14-8-11-4-3-5-17-11/h3-5,7,9H,2,6,8H2,1H3,(H2,13,14,18). The second kappa shape index (κ2) is 6.20. The summed E-state index contributed by atoms with van der Waals surface area (Å²) in [6.07, 6.45) is 5.49. The van der Waals surface area contributed by atoms with Crippen LogP contribution < -0.4 is 10.6 Å².